The van der Waals surface area contributed by atoms with Gasteiger partial charge in [0, 0.05) is 0 Å². The second-order valence-electron chi connectivity index (χ2n) is 3.97. The van der Waals surface area contributed by atoms with E-state index in [0.717, 1.165) is 0 Å². The third-order valence-corrected chi connectivity index (χ3v) is 2.15. The van der Waals surface area contributed by atoms with E-state index in [1.54, 1.807) is 0 Å². The summed E-state index contributed by atoms with van der Waals surface area (Å²) in [5.74, 6) is -5.65. The van der Waals surface area contributed by atoms with E-state index in [4.69, 9.17) is 0 Å². The van der Waals surface area contributed by atoms with E-state index >= 15 is 0 Å². The SMILES string of the molecule is C1=CCCC=CCC1.O=C([CH-]C(=O)C(F)(F)F)C(F)(F)F.[Cu+]. The molecule has 0 aromatic carbocycles. The van der Waals surface area contributed by atoms with Gasteiger partial charge in [0.05, 0.1) is 0 Å². The predicted octanol–water partition coefficient (Wildman–Crippen LogP) is 4.12. The number of carbonyl (C=O) groups excluding carboxylic acids is 2. The zero-order valence-corrected chi connectivity index (χ0v) is 12.0. The van der Waals surface area contributed by atoms with Crippen LogP contribution in [-0.2, 0) is 26.7 Å². The van der Waals surface area contributed by atoms with Gasteiger partial charge in [0.25, 0.3) is 0 Å². The van der Waals surface area contributed by atoms with Gasteiger partial charge in [-0.3, -0.25) is 0 Å². The van der Waals surface area contributed by atoms with Gasteiger partial charge in [-0.15, -0.1) is 0 Å². The Kier molecular flexibility index (Phi) is 11.0. The van der Waals surface area contributed by atoms with Crippen LogP contribution in [0.3, 0.4) is 0 Å². The van der Waals surface area contributed by atoms with Crippen molar-refractivity contribution in [1.82, 2.24) is 0 Å². The van der Waals surface area contributed by atoms with E-state index in [2.05, 4.69) is 24.3 Å². The van der Waals surface area contributed by atoms with E-state index in [9.17, 15) is 35.9 Å². The fraction of sp³-hybridized carbons (Fsp3) is 0.462. The van der Waals surface area contributed by atoms with Gasteiger partial charge in [0.2, 0.25) is 0 Å². The van der Waals surface area contributed by atoms with E-state index in [1.807, 2.05) is 0 Å². The summed E-state index contributed by atoms with van der Waals surface area (Å²) in [7, 11) is 0. The van der Waals surface area contributed by atoms with Crippen molar-refractivity contribution < 1.29 is 53.0 Å². The fourth-order valence-electron chi connectivity index (χ4n) is 1.14. The smallest absolute Gasteiger partial charge is 0.324 e. The number of hydrogen-bond donors (Lipinski definition) is 0. The van der Waals surface area contributed by atoms with Crippen molar-refractivity contribution in [3.63, 3.8) is 0 Å². The normalized spacial score (nSPS) is 14.6. The minimum absolute atomic E-state index is 0. The molecule has 0 unspecified atom stereocenters. The summed E-state index contributed by atoms with van der Waals surface area (Å²) in [5, 5.41) is 0. The van der Waals surface area contributed by atoms with Crippen LogP contribution in [0, 0.1) is 6.42 Å². The van der Waals surface area contributed by atoms with Crippen LogP contribution in [0.4, 0.5) is 26.3 Å². The standard InChI is InChI=1S/C8H12.C5HF6O2.Cu/c1-2-4-6-8-7-5-3-1;6-4(7,8)2(12)1-3(13)5(9,10)11;/h1-2,7-8H,3-6H2;1H;/q;-1;+1. The van der Waals surface area contributed by atoms with Gasteiger partial charge in [-0.25, -0.2) is 6.42 Å². The topological polar surface area (TPSA) is 34.1 Å². The zero-order chi connectivity index (χ0) is 16.5. The molecule has 0 bridgehead atoms. The van der Waals surface area contributed by atoms with E-state index in [0.29, 0.717) is 0 Å². The molecule has 0 heterocycles. The quantitative estimate of drug-likeness (QED) is 0.238. The minimum Gasteiger partial charge on any atom is -0.324 e. The number of hydrogen-bond acceptors (Lipinski definition) is 2. The Morgan fingerprint density at radius 1 is 0.682 bits per heavy atom. The summed E-state index contributed by atoms with van der Waals surface area (Å²) >= 11 is 0. The molecule has 9 heteroatoms. The summed E-state index contributed by atoms with van der Waals surface area (Å²) < 4.78 is 67.8. The van der Waals surface area contributed by atoms with Crippen molar-refractivity contribution in [2.24, 2.45) is 0 Å². The Morgan fingerprint density at radius 3 is 1.09 bits per heavy atom. The molecule has 22 heavy (non-hydrogen) atoms. The van der Waals surface area contributed by atoms with Crippen molar-refractivity contribution in [2.45, 2.75) is 38.0 Å². The van der Waals surface area contributed by atoms with Crippen LogP contribution in [0.25, 0.3) is 0 Å². The Bertz CT molecular complexity index is 360. The number of Topliss-reactive ketones (excluding diaryl/α,β-unsaturated/α-hetero) is 2. The van der Waals surface area contributed by atoms with Gasteiger partial charge in [-0.2, -0.15) is 26.3 Å². The molecule has 0 saturated carbocycles. The Labute approximate surface area is 134 Å². The predicted molar refractivity (Wildman–Crippen MR) is 63.2 cm³/mol. The molecule has 0 N–H and O–H groups in total. The first kappa shape index (κ1) is 23.1. The molecule has 2 nitrogen and oxygen atoms in total. The molecule has 0 amide bonds. The van der Waals surface area contributed by atoms with Crippen molar-refractivity contribution in [3.05, 3.63) is 30.7 Å². The van der Waals surface area contributed by atoms with Gasteiger partial charge < -0.3 is 9.59 Å². The average molecular weight is 379 g/mol. The van der Waals surface area contributed by atoms with Gasteiger partial charge in [-0.05, 0) is 25.7 Å². The summed E-state index contributed by atoms with van der Waals surface area (Å²) in [5.41, 5.74) is 0. The maximum atomic E-state index is 11.3. The van der Waals surface area contributed by atoms with Gasteiger partial charge in [0.15, 0.2) is 0 Å². The van der Waals surface area contributed by atoms with E-state index in [-0.39, 0.29) is 17.1 Å². The Balaban J connectivity index is 0. The number of ketones is 2. The summed E-state index contributed by atoms with van der Waals surface area (Å²) in [6.45, 7) is 0. The third kappa shape index (κ3) is 11.4. The van der Waals surface area contributed by atoms with E-state index < -0.39 is 30.3 Å². The Morgan fingerprint density at radius 2 is 0.909 bits per heavy atom. The van der Waals surface area contributed by atoms with Crippen LogP contribution >= 0.6 is 0 Å². The maximum Gasteiger partial charge on any atom is 1.00 e. The molecule has 1 aliphatic carbocycles. The number of alkyl halides is 6. The number of halogens is 6. The molecule has 0 radical (unpaired) electrons. The summed E-state index contributed by atoms with van der Waals surface area (Å²) in [6.07, 6.45) is 2.06. The second-order valence-corrected chi connectivity index (χ2v) is 3.97. The zero-order valence-electron chi connectivity index (χ0n) is 11.1. The minimum atomic E-state index is -5.46. The van der Waals surface area contributed by atoms with Gasteiger partial charge >= 0.3 is 29.4 Å². The molecule has 130 valence electrons. The molecular formula is C13H13CuF6O2. The largest absolute Gasteiger partial charge is 1.00 e. The molecule has 0 fully saturated rings. The van der Waals surface area contributed by atoms with Crippen LogP contribution in [0.2, 0.25) is 0 Å². The molecule has 0 aromatic heterocycles. The van der Waals surface area contributed by atoms with Gasteiger partial charge in [0.1, 0.15) is 11.6 Å². The van der Waals surface area contributed by atoms with Crippen molar-refractivity contribution in [1.29, 1.82) is 0 Å². The first-order valence-electron chi connectivity index (χ1n) is 5.92. The fourth-order valence-corrected chi connectivity index (χ4v) is 1.14. The monoisotopic (exact) mass is 378 g/mol. The third-order valence-electron chi connectivity index (χ3n) is 2.15. The molecule has 0 saturated heterocycles. The van der Waals surface area contributed by atoms with Crippen LogP contribution < -0.4 is 0 Å². The molecule has 1 rings (SSSR count). The molecule has 0 atom stereocenters. The number of carbonyl (C=O) groups is 2. The maximum absolute atomic E-state index is 11.3. The molecule has 1 aliphatic rings. The first-order valence-corrected chi connectivity index (χ1v) is 5.92. The van der Waals surface area contributed by atoms with Crippen LogP contribution in [-0.4, -0.2) is 23.9 Å². The van der Waals surface area contributed by atoms with Crippen molar-refractivity contribution in [2.75, 3.05) is 0 Å². The van der Waals surface area contributed by atoms with Crippen LogP contribution in [0.1, 0.15) is 25.7 Å². The Hall–Kier alpha value is -1.21. The van der Waals surface area contributed by atoms with Crippen LogP contribution in [0.5, 0.6) is 0 Å². The van der Waals surface area contributed by atoms with Crippen molar-refractivity contribution in [3.8, 4) is 0 Å². The molecule has 0 aromatic rings. The molecular weight excluding hydrogens is 366 g/mol. The first-order chi connectivity index (χ1) is 9.55. The molecule has 0 aliphatic heterocycles. The number of allylic oxidation sites excluding steroid dienone is 4. The number of rotatable bonds is 2. The average Bonchev–Trinajstić information content (AvgIpc) is 2.25. The summed E-state index contributed by atoms with van der Waals surface area (Å²) in [4.78, 5) is 19.6. The molecule has 0 spiro atoms. The van der Waals surface area contributed by atoms with Crippen LogP contribution in [0.15, 0.2) is 24.3 Å². The van der Waals surface area contributed by atoms with Gasteiger partial charge in [-0.1, -0.05) is 24.3 Å². The second kappa shape index (κ2) is 10.5. The van der Waals surface area contributed by atoms with E-state index in [1.165, 1.54) is 25.7 Å². The van der Waals surface area contributed by atoms with Crippen molar-refractivity contribution >= 4 is 11.6 Å². The summed E-state index contributed by atoms with van der Waals surface area (Å²) in [6, 6.07) is 0.